The lowest BCUT2D eigenvalue weighted by Gasteiger charge is -2.23. The van der Waals surface area contributed by atoms with Crippen LogP contribution in [0.2, 0.25) is 0 Å². The number of rotatable bonds is 8. The van der Waals surface area contributed by atoms with Crippen LogP contribution in [0.25, 0.3) is 27.6 Å². The van der Waals surface area contributed by atoms with Crippen molar-refractivity contribution in [3.05, 3.63) is 124 Å². The summed E-state index contributed by atoms with van der Waals surface area (Å²) in [5, 5.41) is 7.12. The number of aromatic nitrogens is 4. The minimum absolute atomic E-state index is 0.0449. The number of amides is 1. The van der Waals surface area contributed by atoms with Gasteiger partial charge in [0.05, 0.1) is 74.5 Å². The van der Waals surface area contributed by atoms with Gasteiger partial charge in [0.25, 0.3) is 11.5 Å². The van der Waals surface area contributed by atoms with Crippen molar-refractivity contribution < 1.29 is 35.4 Å². The van der Waals surface area contributed by atoms with E-state index >= 15 is 0 Å². The monoisotopic (exact) mass is 695 g/mol. The van der Waals surface area contributed by atoms with Crippen LogP contribution in [0.15, 0.2) is 101 Å². The Balaban J connectivity index is 0.000000463. The van der Waals surface area contributed by atoms with Gasteiger partial charge in [-0.25, -0.2) is 22.6 Å². The molecular weight excluding hydrogens is 663 g/mol. The Morgan fingerprint density at radius 3 is 2.18 bits per heavy atom. The van der Waals surface area contributed by atoms with Crippen LogP contribution in [0.4, 0.5) is 18.9 Å². The van der Waals surface area contributed by atoms with Crippen molar-refractivity contribution in [2.24, 2.45) is 7.05 Å². The van der Waals surface area contributed by atoms with Gasteiger partial charge in [0.1, 0.15) is 21.4 Å². The molecule has 12 nitrogen and oxygen atoms in total. The molecule has 2 aromatic heterocycles. The molecule has 1 N–H and O–H groups in total. The topological polar surface area (TPSA) is 135 Å². The van der Waals surface area contributed by atoms with Crippen LogP contribution in [0.1, 0.15) is 15.9 Å². The van der Waals surface area contributed by atoms with Gasteiger partial charge in [0, 0.05) is 7.05 Å². The standard InChI is InChI=1S/C27H26F3N7O2.C6H6O3S/c1-31-19-9-11-20(12-10-19)35-22(13-14-33-35)24-23(25(38)32-15-16-37(3,4)5)26(39)36(34(24)2)21-8-6-7-18(17-21)27(28,29)30;7-10(8,9)6-4-2-1-3-5-6/h6-14,17H,15-16H2,2-5H3;1-5H,(H,7,8,9). The second-order valence-corrected chi connectivity index (χ2v) is 13.1. The second-order valence-electron chi connectivity index (χ2n) is 11.7. The van der Waals surface area contributed by atoms with E-state index in [1.54, 1.807) is 36.4 Å². The number of halogens is 3. The van der Waals surface area contributed by atoms with Gasteiger partial charge < -0.3 is 14.4 Å². The highest BCUT2D eigenvalue weighted by atomic mass is 32.2. The number of nitrogens with one attached hydrogen (secondary N) is 1. The summed E-state index contributed by atoms with van der Waals surface area (Å²) >= 11 is 0. The Labute approximate surface area is 280 Å². The number of hydrogen-bond acceptors (Lipinski definition) is 6. The predicted molar refractivity (Wildman–Crippen MR) is 174 cm³/mol. The number of likely N-dealkylation sites (N-methyl/N-ethyl adjacent to an activating group) is 1. The fourth-order valence-corrected chi connectivity index (χ4v) is 5.24. The molecule has 0 aliphatic rings. The first-order chi connectivity index (χ1) is 22.9. The van der Waals surface area contributed by atoms with Gasteiger partial charge in [0.15, 0.2) is 5.69 Å². The van der Waals surface area contributed by atoms with E-state index in [1.165, 1.54) is 59.0 Å². The average molecular weight is 696 g/mol. The van der Waals surface area contributed by atoms with Crippen LogP contribution in [0.5, 0.6) is 0 Å². The summed E-state index contributed by atoms with van der Waals surface area (Å²) in [5.74, 6) is -0.652. The fourth-order valence-electron chi connectivity index (χ4n) is 4.75. The van der Waals surface area contributed by atoms with Crippen LogP contribution in [-0.2, 0) is 23.3 Å². The van der Waals surface area contributed by atoms with Crippen LogP contribution in [0, 0.1) is 6.57 Å². The summed E-state index contributed by atoms with van der Waals surface area (Å²) in [6.07, 6.45) is -3.13. The molecule has 0 spiro atoms. The quantitative estimate of drug-likeness (QED) is 0.143. The van der Waals surface area contributed by atoms with Crippen LogP contribution >= 0.6 is 0 Å². The van der Waals surface area contributed by atoms with Gasteiger partial charge in [-0.1, -0.05) is 36.4 Å². The predicted octanol–water partition coefficient (Wildman–Crippen LogP) is 4.62. The summed E-state index contributed by atoms with van der Waals surface area (Å²) in [6.45, 7) is 8.03. The molecule has 0 bridgehead atoms. The van der Waals surface area contributed by atoms with E-state index in [1.807, 2.05) is 21.1 Å². The van der Waals surface area contributed by atoms with Gasteiger partial charge in [0.2, 0.25) is 0 Å². The van der Waals surface area contributed by atoms with Gasteiger partial charge in [-0.3, -0.25) is 14.3 Å². The third-order valence-corrected chi connectivity index (χ3v) is 7.97. The highest BCUT2D eigenvalue weighted by Crippen LogP contribution is 2.31. The number of carbonyl (C=O) groups excluding carboxylic acids is 1. The SMILES string of the molecule is O=S(=O)([O-])c1ccccc1.[C-]#[N+]c1ccc(-n2nccc2-c2c(C(=O)NCC[N+](C)(C)C)c(=O)n(-c3cccc(C(F)(F)F)c3)n2C)cc1. The Morgan fingerprint density at radius 1 is 0.980 bits per heavy atom. The largest absolute Gasteiger partial charge is 0.744 e. The van der Waals surface area contributed by atoms with Crippen molar-refractivity contribution in [1.29, 1.82) is 0 Å². The summed E-state index contributed by atoms with van der Waals surface area (Å²) < 4.78 is 75.7. The number of quaternary nitrogens is 1. The molecule has 3 aromatic carbocycles. The maximum Gasteiger partial charge on any atom is 0.416 e. The number of carbonyl (C=O) groups is 1. The van der Waals surface area contributed by atoms with Crippen LogP contribution in [0.3, 0.4) is 0 Å². The zero-order valence-electron chi connectivity index (χ0n) is 26.8. The molecule has 0 unspecified atom stereocenters. The molecular formula is C33H32F3N7O5S. The van der Waals surface area contributed by atoms with Crippen molar-refractivity contribution in [2.45, 2.75) is 11.1 Å². The molecule has 256 valence electrons. The summed E-state index contributed by atoms with van der Waals surface area (Å²) in [5.41, 5.74) is -0.433. The normalized spacial score (nSPS) is 11.7. The first-order valence-electron chi connectivity index (χ1n) is 14.5. The van der Waals surface area contributed by atoms with Gasteiger partial charge in [-0.2, -0.15) is 18.3 Å². The van der Waals surface area contributed by atoms with E-state index < -0.39 is 33.3 Å². The third kappa shape index (κ3) is 8.70. The highest BCUT2D eigenvalue weighted by Gasteiger charge is 2.32. The lowest BCUT2D eigenvalue weighted by molar-refractivity contribution is -0.869. The molecule has 2 heterocycles. The molecule has 16 heteroatoms. The number of hydrogen-bond donors (Lipinski definition) is 1. The Morgan fingerprint density at radius 2 is 1.63 bits per heavy atom. The number of alkyl halides is 3. The fraction of sp³-hybridized carbons (Fsp3) is 0.212. The molecule has 0 aliphatic carbocycles. The molecule has 0 saturated heterocycles. The molecule has 5 aromatic rings. The third-order valence-electron chi connectivity index (χ3n) is 7.12. The van der Waals surface area contributed by atoms with E-state index in [2.05, 4.69) is 15.3 Å². The summed E-state index contributed by atoms with van der Waals surface area (Å²) in [7, 11) is 3.12. The zero-order chi connectivity index (χ0) is 36.1. The average Bonchev–Trinajstić information content (AvgIpc) is 3.62. The molecule has 1 amide bonds. The molecule has 0 radical (unpaired) electrons. The smallest absolute Gasteiger partial charge is 0.416 e. The van der Waals surface area contributed by atoms with E-state index in [4.69, 9.17) is 6.57 Å². The molecule has 0 aliphatic heterocycles. The van der Waals surface area contributed by atoms with E-state index in [-0.39, 0.29) is 28.4 Å². The van der Waals surface area contributed by atoms with Gasteiger partial charge >= 0.3 is 6.18 Å². The Bertz CT molecular complexity index is 2160. The number of nitrogens with zero attached hydrogens (tertiary/aromatic N) is 6. The van der Waals surface area contributed by atoms with Crippen molar-refractivity contribution in [2.75, 3.05) is 34.2 Å². The first-order valence-corrected chi connectivity index (χ1v) is 15.9. The second kappa shape index (κ2) is 14.3. The lowest BCUT2D eigenvalue weighted by atomic mass is 10.1. The minimum atomic E-state index is -4.62. The molecule has 49 heavy (non-hydrogen) atoms. The van der Waals surface area contributed by atoms with Crippen molar-refractivity contribution >= 4 is 21.7 Å². The molecule has 5 rings (SSSR count). The van der Waals surface area contributed by atoms with Gasteiger partial charge in [-0.05, 0) is 48.5 Å². The summed E-state index contributed by atoms with van der Waals surface area (Å²) in [6, 6.07) is 19.7. The van der Waals surface area contributed by atoms with Crippen LogP contribution < -0.4 is 10.9 Å². The van der Waals surface area contributed by atoms with E-state index in [0.717, 1.165) is 16.8 Å². The first kappa shape index (κ1) is 36.3. The Kier molecular flexibility index (Phi) is 10.6. The van der Waals surface area contributed by atoms with Gasteiger partial charge in [-0.15, -0.1) is 0 Å². The Hall–Kier alpha value is -5.50. The molecule has 0 fully saturated rings. The minimum Gasteiger partial charge on any atom is -0.744 e. The van der Waals surface area contributed by atoms with Crippen molar-refractivity contribution in [1.82, 2.24) is 24.5 Å². The molecule has 0 saturated carbocycles. The van der Waals surface area contributed by atoms with Crippen LogP contribution in [-0.4, -0.2) is 76.7 Å². The zero-order valence-corrected chi connectivity index (χ0v) is 27.7. The summed E-state index contributed by atoms with van der Waals surface area (Å²) in [4.78, 5) is 30.4. The highest BCUT2D eigenvalue weighted by molar-refractivity contribution is 7.85. The van der Waals surface area contributed by atoms with Crippen molar-refractivity contribution in [3.63, 3.8) is 0 Å². The van der Waals surface area contributed by atoms with E-state index in [9.17, 15) is 35.7 Å². The van der Waals surface area contributed by atoms with Crippen molar-refractivity contribution in [3.8, 4) is 22.8 Å². The lowest BCUT2D eigenvalue weighted by Crippen LogP contribution is -2.42. The molecule has 0 atom stereocenters. The van der Waals surface area contributed by atoms with E-state index in [0.29, 0.717) is 28.1 Å². The maximum atomic E-state index is 13.7. The maximum absolute atomic E-state index is 13.7. The number of benzene rings is 3.